The molecule has 0 radical (unpaired) electrons. The number of carbonyl (C=O) groups is 1. The van der Waals surface area contributed by atoms with Crippen molar-refractivity contribution in [1.82, 2.24) is 5.43 Å². The minimum Gasteiger partial charge on any atom is -0.484 e. The maximum absolute atomic E-state index is 12.2. The summed E-state index contributed by atoms with van der Waals surface area (Å²) in [6, 6.07) is 22.3. The molecular formula is C28H34N2O2. The molecule has 4 nitrogen and oxygen atoms in total. The molecule has 3 aromatic rings. The largest absolute Gasteiger partial charge is 0.484 e. The highest BCUT2D eigenvalue weighted by Gasteiger charge is 2.27. The van der Waals surface area contributed by atoms with Gasteiger partial charge in [-0.15, -0.1) is 0 Å². The van der Waals surface area contributed by atoms with E-state index < -0.39 is 0 Å². The molecule has 3 rings (SSSR count). The Morgan fingerprint density at radius 2 is 1.56 bits per heavy atom. The van der Waals surface area contributed by atoms with E-state index in [-0.39, 0.29) is 23.3 Å². The molecule has 0 fully saturated rings. The number of rotatable bonds is 7. The van der Waals surface area contributed by atoms with Crippen molar-refractivity contribution in [2.75, 3.05) is 6.61 Å². The summed E-state index contributed by atoms with van der Waals surface area (Å²) in [5.74, 6) is 0.382. The highest BCUT2D eigenvalue weighted by molar-refractivity contribution is 6.02. The number of nitrogens with one attached hydrogen (secondary N) is 1. The zero-order chi connectivity index (χ0) is 23.4. The Kier molecular flexibility index (Phi) is 7.02. The van der Waals surface area contributed by atoms with Gasteiger partial charge in [0, 0.05) is 0 Å². The van der Waals surface area contributed by atoms with Crippen LogP contribution in [0.15, 0.2) is 71.8 Å². The van der Waals surface area contributed by atoms with Gasteiger partial charge in [0.25, 0.3) is 5.91 Å². The molecule has 0 unspecified atom stereocenters. The SMILES string of the molecule is C/C(=N/NC(=O)COc1ccc(C(C)(C)CC(C)(C)C)cc1)c1ccc2ccccc2c1. The number of nitrogens with zero attached hydrogens (tertiary/aromatic N) is 1. The van der Waals surface area contributed by atoms with Crippen LogP contribution in [-0.4, -0.2) is 18.2 Å². The van der Waals surface area contributed by atoms with Gasteiger partial charge in [0.1, 0.15) is 5.75 Å². The van der Waals surface area contributed by atoms with Gasteiger partial charge < -0.3 is 4.74 Å². The monoisotopic (exact) mass is 430 g/mol. The Bertz CT molecular complexity index is 1110. The van der Waals surface area contributed by atoms with E-state index in [2.05, 4.69) is 81.5 Å². The van der Waals surface area contributed by atoms with Gasteiger partial charge in [0.15, 0.2) is 6.61 Å². The first-order valence-electron chi connectivity index (χ1n) is 11.1. The second-order valence-electron chi connectivity index (χ2n) is 10.2. The number of hydrogen-bond acceptors (Lipinski definition) is 3. The highest BCUT2D eigenvalue weighted by Crippen LogP contribution is 2.36. The van der Waals surface area contributed by atoms with E-state index in [1.807, 2.05) is 37.3 Å². The minimum absolute atomic E-state index is 0.0726. The maximum Gasteiger partial charge on any atom is 0.277 e. The van der Waals surface area contributed by atoms with Gasteiger partial charge >= 0.3 is 0 Å². The summed E-state index contributed by atoms with van der Waals surface area (Å²) >= 11 is 0. The molecule has 4 heteroatoms. The molecule has 1 N–H and O–H groups in total. The average molecular weight is 431 g/mol. The van der Waals surface area contributed by atoms with Crippen LogP contribution in [-0.2, 0) is 10.2 Å². The number of hydrogen-bond donors (Lipinski definition) is 1. The number of hydrazone groups is 1. The normalized spacial score (nSPS) is 12.6. The van der Waals surface area contributed by atoms with Crippen LogP contribution in [0, 0.1) is 5.41 Å². The standard InChI is InChI=1S/C28H34N2O2/c1-20(22-12-11-21-9-7-8-10-23(21)17-22)29-30-26(31)18-32-25-15-13-24(14-16-25)28(5,6)19-27(2,3)4/h7-17H,18-19H2,1-6H3,(H,30,31)/b29-20-. The zero-order valence-corrected chi connectivity index (χ0v) is 20.0. The first kappa shape index (κ1) is 23.5. The fraction of sp³-hybridized carbons (Fsp3) is 0.357. The van der Waals surface area contributed by atoms with E-state index in [1.165, 1.54) is 10.9 Å². The van der Waals surface area contributed by atoms with Crippen LogP contribution in [0.5, 0.6) is 5.75 Å². The van der Waals surface area contributed by atoms with Gasteiger partial charge in [-0.1, -0.05) is 83.1 Å². The number of ether oxygens (including phenoxy) is 1. The third-order valence-electron chi connectivity index (χ3n) is 5.49. The average Bonchev–Trinajstić information content (AvgIpc) is 2.74. The summed E-state index contributed by atoms with van der Waals surface area (Å²) in [5, 5.41) is 6.55. The second-order valence-corrected chi connectivity index (χ2v) is 10.2. The van der Waals surface area contributed by atoms with Crippen molar-refractivity contribution in [3.05, 3.63) is 77.9 Å². The van der Waals surface area contributed by atoms with Gasteiger partial charge in [-0.25, -0.2) is 5.43 Å². The van der Waals surface area contributed by atoms with Gasteiger partial charge in [0.05, 0.1) is 5.71 Å². The fourth-order valence-electron chi connectivity index (χ4n) is 4.24. The van der Waals surface area contributed by atoms with Crippen LogP contribution in [0.25, 0.3) is 10.8 Å². The number of benzene rings is 3. The molecule has 0 heterocycles. The lowest BCUT2D eigenvalue weighted by Gasteiger charge is -2.33. The summed E-state index contributed by atoms with van der Waals surface area (Å²) in [5.41, 5.74) is 5.89. The highest BCUT2D eigenvalue weighted by atomic mass is 16.5. The Labute approximate surface area is 191 Å². The van der Waals surface area contributed by atoms with Gasteiger partial charge in [-0.2, -0.15) is 5.10 Å². The van der Waals surface area contributed by atoms with Crippen molar-refractivity contribution in [1.29, 1.82) is 0 Å². The van der Waals surface area contributed by atoms with E-state index in [0.717, 1.165) is 23.1 Å². The Balaban J connectivity index is 1.55. The molecule has 0 atom stereocenters. The van der Waals surface area contributed by atoms with Crippen LogP contribution < -0.4 is 10.2 Å². The molecule has 32 heavy (non-hydrogen) atoms. The summed E-state index contributed by atoms with van der Waals surface area (Å²) in [7, 11) is 0. The molecular weight excluding hydrogens is 396 g/mol. The first-order valence-corrected chi connectivity index (χ1v) is 11.1. The number of amides is 1. The van der Waals surface area contributed by atoms with Crippen molar-refractivity contribution in [3.63, 3.8) is 0 Å². The van der Waals surface area contributed by atoms with E-state index >= 15 is 0 Å². The summed E-state index contributed by atoms with van der Waals surface area (Å²) < 4.78 is 5.65. The molecule has 0 saturated heterocycles. The number of carbonyl (C=O) groups excluding carboxylic acids is 1. The van der Waals surface area contributed by atoms with Crippen molar-refractivity contribution < 1.29 is 9.53 Å². The molecule has 0 bridgehead atoms. The van der Waals surface area contributed by atoms with Crippen LogP contribution in [0.1, 0.15) is 59.1 Å². The predicted molar refractivity (Wildman–Crippen MR) is 133 cm³/mol. The number of fused-ring (bicyclic) bond motifs is 1. The van der Waals surface area contributed by atoms with Gasteiger partial charge in [0.2, 0.25) is 0 Å². The summed E-state index contributed by atoms with van der Waals surface area (Å²) in [4.78, 5) is 12.2. The third-order valence-corrected chi connectivity index (χ3v) is 5.49. The van der Waals surface area contributed by atoms with E-state index in [4.69, 9.17) is 4.74 Å². The Hall–Kier alpha value is -3.14. The molecule has 0 saturated carbocycles. The molecule has 0 aromatic heterocycles. The van der Waals surface area contributed by atoms with Gasteiger partial charge in [-0.3, -0.25) is 4.79 Å². The van der Waals surface area contributed by atoms with E-state index in [9.17, 15) is 4.79 Å². The molecule has 0 aliphatic heterocycles. The van der Waals surface area contributed by atoms with Gasteiger partial charge in [-0.05, 0) is 64.3 Å². The topological polar surface area (TPSA) is 50.7 Å². The second kappa shape index (κ2) is 9.56. The van der Waals surface area contributed by atoms with Crippen molar-refractivity contribution in [2.24, 2.45) is 10.5 Å². The summed E-state index contributed by atoms with van der Waals surface area (Å²) in [6.45, 7) is 13.1. The lowest BCUT2D eigenvalue weighted by molar-refractivity contribution is -0.123. The molecule has 0 spiro atoms. The molecule has 168 valence electrons. The summed E-state index contributed by atoms with van der Waals surface area (Å²) in [6.07, 6.45) is 1.08. The van der Waals surface area contributed by atoms with E-state index in [1.54, 1.807) is 0 Å². The van der Waals surface area contributed by atoms with Crippen LogP contribution in [0.2, 0.25) is 0 Å². The van der Waals surface area contributed by atoms with Crippen molar-refractivity contribution in [2.45, 2.75) is 53.4 Å². The van der Waals surface area contributed by atoms with Crippen molar-refractivity contribution in [3.8, 4) is 5.75 Å². The minimum atomic E-state index is -0.290. The third kappa shape index (κ3) is 6.43. The molecule has 3 aromatic carbocycles. The van der Waals surface area contributed by atoms with Crippen molar-refractivity contribution >= 4 is 22.4 Å². The Morgan fingerprint density at radius 1 is 0.906 bits per heavy atom. The molecule has 0 aliphatic carbocycles. The fourth-order valence-corrected chi connectivity index (χ4v) is 4.24. The van der Waals surface area contributed by atoms with Crippen LogP contribution in [0.4, 0.5) is 0 Å². The Morgan fingerprint density at radius 3 is 2.22 bits per heavy atom. The zero-order valence-electron chi connectivity index (χ0n) is 20.0. The smallest absolute Gasteiger partial charge is 0.277 e. The maximum atomic E-state index is 12.2. The lowest BCUT2D eigenvalue weighted by atomic mass is 9.72. The molecule has 1 amide bonds. The quantitative estimate of drug-likeness (QED) is 0.345. The van der Waals surface area contributed by atoms with Crippen LogP contribution >= 0.6 is 0 Å². The predicted octanol–water partition coefficient (Wildman–Crippen LogP) is 6.47. The van der Waals surface area contributed by atoms with Crippen LogP contribution in [0.3, 0.4) is 0 Å². The lowest BCUT2D eigenvalue weighted by Crippen LogP contribution is -2.26. The first-order chi connectivity index (χ1) is 15.0. The molecule has 0 aliphatic rings. The van der Waals surface area contributed by atoms with E-state index in [0.29, 0.717) is 5.75 Å².